The standard InChI is InChI=1S/C24H28N4O6/c1-3-19(14-8-9-17(23(31)32)18(25)11-14)27-24(33)28-13-21(29)26-12-16(22(28)30)10-15-6-4-5-7-20(15)34-2/h4-9,11,16,19H,3,10,12-13,25H2,1-2H3,(H,26,29)(H,27,33)(H,31,32)/t16?,19-/m1/s1. The number of carboxylic acids is 1. The van der Waals surface area contributed by atoms with Crippen LogP contribution in [0, 0.1) is 5.92 Å². The van der Waals surface area contributed by atoms with E-state index in [9.17, 15) is 24.3 Å². The third kappa shape index (κ3) is 5.45. The first-order valence-corrected chi connectivity index (χ1v) is 10.9. The first-order valence-electron chi connectivity index (χ1n) is 10.9. The number of nitrogens with one attached hydrogen (secondary N) is 2. The Morgan fingerprint density at radius 2 is 2.00 bits per heavy atom. The van der Waals surface area contributed by atoms with E-state index in [4.69, 9.17) is 10.5 Å². The number of hydrogen-bond acceptors (Lipinski definition) is 6. The fourth-order valence-corrected chi connectivity index (χ4v) is 3.93. The highest BCUT2D eigenvalue weighted by atomic mass is 16.5. The maximum atomic E-state index is 13.3. The number of para-hydroxylation sites is 1. The molecule has 180 valence electrons. The van der Waals surface area contributed by atoms with Crippen LogP contribution in [-0.4, -0.2) is 54.0 Å². The molecule has 1 heterocycles. The molecule has 1 unspecified atom stereocenters. The fraction of sp³-hybridized carbons (Fsp3) is 0.333. The van der Waals surface area contributed by atoms with E-state index < -0.39 is 42.3 Å². The second-order valence-electron chi connectivity index (χ2n) is 8.00. The highest BCUT2D eigenvalue weighted by molar-refractivity contribution is 6.01. The summed E-state index contributed by atoms with van der Waals surface area (Å²) in [6, 6.07) is 10.4. The van der Waals surface area contributed by atoms with Crippen LogP contribution in [0.15, 0.2) is 42.5 Å². The smallest absolute Gasteiger partial charge is 0.337 e. The summed E-state index contributed by atoms with van der Waals surface area (Å²) in [6.45, 7) is 1.53. The van der Waals surface area contributed by atoms with Crippen LogP contribution in [0.2, 0.25) is 0 Å². The van der Waals surface area contributed by atoms with Gasteiger partial charge >= 0.3 is 12.0 Å². The summed E-state index contributed by atoms with van der Waals surface area (Å²) in [5.74, 6) is -2.09. The molecule has 10 heteroatoms. The first-order chi connectivity index (χ1) is 16.2. The second-order valence-corrected chi connectivity index (χ2v) is 8.00. The van der Waals surface area contributed by atoms with Crippen molar-refractivity contribution >= 4 is 29.5 Å². The van der Waals surface area contributed by atoms with Crippen LogP contribution in [0.25, 0.3) is 0 Å². The lowest BCUT2D eigenvalue weighted by molar-refractivity contribution is -0.133. The molecule has 0 aromatic heterocycles. The lowest BCUT2D eigenvalue weighted by Crippen LogP contribution is -2.48. The Bertz CT molecular complexity index is 1100. The molecule has 0 radical (unpaired) electrons. The molecule has 4 amide bonds. The average Bonchev–Trinajstić information content (AvgIpc) is 2.96. The van der Waals surface area contributed by atoms with E-state index in [1.807, 2.05) is 25.1 Å². The zero-order valence-electron chi connectivity index (χ0n) is 19.0. The van der Waals surface area contributed by atoms with E-state index in [1.165, 1.54) is 19.2 Å². The van der Waals surface area contributed by atoms with Gasteiger partial charge < -0.3 is 26.2 Å². The molecule has 10 nitrogen and oxygen atoms in total. The number of rotatable bonds is 7. The maximum absolute atomic E-state index is 13.3. The minimum atomic E-state index is -1.15. The van der Waals surface area contributed by atoms with Gasteiger partial charge in [0.25, 0.3) is 0 Å². The number of nitrogens with two attached hydrogens (primary N) is 1. The van der Waals surface area contributed by atoms with E-state index in [0.717, 1.165) is 10.5 Å². The van der Waals surface area contributed by atoms with Crippen LogP contribution in [0.4, 0.5) is 10.5 Å². The number of nitrogen functional groups attached to an aromatic ring is 1. The van der Waals surface area contributed by atoms with Gasteiger partial charge in [0.2, 0.25) is 11.8 Å². The summed E-state index contributed by atoms with van der Waals surface area (Å²) in [4.78, 5) is 50.7. The number of anilines is 1. The summed E-state index contributed by atoms with van der Waals surface area (Å²) in [5.41, 5.74) is 7.26. The zero-order chi connectivity index (χ0) is 24.8. The van der Waals surface area contributed by atoms with Crippen molar-refractivity contribution < 1.29 is 29.0 Å². The van der Waals surface area contributed by atoms with E-state index in [2.05, 4.69) is 10.6 Å². The van der Waals surface area contributed by atoms with Gasteiger partial charge in [-0.3, -0.25) is 14.5 Å². The number of amides is 4. The molecule has 2 aromatic rings. The van der Waals surface area contributed by atoms with E-state index in [-0.39, 0.29) is 24.2 Å². The Hall–Kier alpha value is -4.08. The number of aromatic carboxylic acids is 1. The van der Waals surface area contributed by atoms with Gasteiger partial charge in [-0.05, 0) is 42.2 Å². The average molecular weight is 469 g/mol. The van der Waals surface area contributed by atoms with Gasteiger partial charge in [-0.1, -0.05) is 31.2 Å². The van der Waals surface area contributed by atoms with E-state index in [0.29, 0.717) is 17.7 Å². The van der Waals surface area contributed by atoms with E-state index >= 15 is 0 Å². The number of nitrogens with zero attached hydrogens (tertiary/aromatic N) is 1. The summed E-state index contributed by atoms with van der Waals surface area (Å²) in [6.07, 6.45) is 0.744. The van der Waals surface area contributed by atoms with Crippen LogP contribution in [0.1, 0.15) is 40.9 Å². The minimum Gasteiger partial charge on any atom is -0.496 e. The van der Waals surface area contributed by atoms with Crippen LogP contribution >= 0.6 is 0 Å². The van der Waals surface area contributed by atoms with Crippen LogP contribution in [0.5, 0.6) is 5.75 Å². The number of hydrogen-bond donors (Lipinski definition) is 4. The van der Waals surface area contributed by atoms with Crippen molar-refractivity contribution in [3.8, 4) is 5.75 Å². The molecular weight excluding hydrogens is 440 g/mol. The Kier molecular flexibility index (Phi) is 7.72. The molecule has 1 aliphatic rings. The van der Waals surface area contributed by atoms with Crippen molar-refractivity contribution in [3.63, 3.8) is 0 Å². The molecule has 1 saturated heterocycles. The van der Waals surface area contributed by atoms with Crippen LogP contribution in [0.3, 0.4) is 0 Å². The zero-order valence-corrected chi connectivity index (χ0v) is 19.0. The fourth-order valence-electron chi connectivity index (χ4n) is 3.93. The summed E-state index contributed by atoms with van der Waals surface area (Å²) < 4.78 is 5.36. The van der Waals surface area contributed by atoms with Gasteiger partial charge in [0.05, 0.1) is 24.6 Å². The van der Waals surface area contributed by atoms with Crippen molar-refractivity contribution in [1.29, 1.82) is 0 Å². The molecule has 34 heavy (non-hydrogen) atoms. The maximum Gasteiger partial charge on any atom is 0.337 e. The molecule has 5 N–H and O–H groups in total. The quantitative estimate of drug-likeness (QED) is 0.453. The SMILES string of the molecule is CC[C@@H](NC(=O)N1CC(=O)NCC(Cc2ccccc2OC)C1=O)c1ccc(C(=O)O)c(N)c1. The van der Waals surface area contributed by atoms with Gasteiger partial charge in [-0.2, -0.15) is 0 Å². The normalized spacial score (nSPS) is 16.9. The van der Waals surface area contributed by atoms with Crippen molar-refractivity contribution in [2.45, 2.75) is 25.8 Å². The molecule has 0 saturated carbocycles. The van der Waals surface area contributed by atoms with Crippen molar-refractivity contribution in [2.24, 2.45) is 5.92 Å². The molecular formula is C24H28N4O6. The number of carboxylic acid groups (broad SMARTS) is 1. The summed E-state index contributed by atoms with van der Waals surface area (Å²) >= 11 is 0. The molecule has 2 atom stereocenters. The number of methoxy groups -OCH3 is 1. The number of imide groups is 1. The second kappa shape index (κ2) is 10.7. The number of urea groups is 1. The molecule has 0 bridgehead atoms. The summed E-state index contributed by atoms with van der Waals surface area (Å²) in [5, 5.41) is 14.6. The van der Waals surface area contributed by atoms with Gasteiger partial charge in [-0.15, -0.1) is 0 Å². The Labute approximate surface area is 197 Å². The van der Waals surface area contributed by atoms with Gasteiger partial charge in [0.1, 0.15) is 12.3 Å². The van der Waals surface area contributed by atoms with Gasteiger partial charge in [0, 0.05) is 12.2 Å². The predicted octanol–water partition coefficient (Wildman–Crippen LogP) is 1.95. The van der Waals surface area contributed by atoms with Crippen LogP contribution < -0.4 is 21.1 Å². The predicted molar refractivity (Wildman–Crippen MR) is 124 cm³/mol. The first kappa shape index (κ1) is 24.6. The highest BCUT2D eigenvalue weighted by Crippen LogP contribution is 2.25. The third-order valence-corrected chi connectivity index (χ3v) is 5.78. The largest absolute Gasteiger partial charge is 0.496 e. The third-order valence-electron chi connectivity index (χ3n) is 5.78. The molecule has 0 aliphatic carbocycles. The Morgan fingerprint density at radius 3 is 2.65 bits per heavy atom. The lowest BCUT2D eigenvalue weighted by Gasteiger charge is -2.25. The Balaban J connectivity index is 1.79. The number of ether oxygens (including phenoxy) is 1. The number of carbonyl (C=O) groups is 4. The molecule has 1 fully saturated rings. The van der Waals surface area contributed by atoms with Gasteiger partial charge in [0.15, 0.2) is 0 Å². The molecule has 3 rings (SSSR count). The minimum absolute atomic E-state index is 0.0384. The topological polar surface area (TPSA) is 151 Å². The highest BCUT2D eigenvalue weighted by Gasteiger charge is 2.35. The Morgan fingerprint density at radius 1 is 1.26 bits per heavy atom. The molecule has 0 spiro atoms. The molecule has 1 aliphatic heterocycles. The van der Waals surface area contributed by atoms with Crippen LogP contribution in [-0.2, 0) is 16.0 Å². The van der Waals surface area contributed by atoms with Crippen molar-refractivity contribution in [3.05, 3.63) is 59.2 Å². The summed E-state index contributed by atoms with van der Waals surface area (Å²) in [7, 11) is 1.54. The number of benzene rings is 2. The van der Waals surface area contributed by atoms with Gasteiger partial charge in [-0.25, -0.2) is 9.59 Å². The number of carbonyl (C=O) groups excluding carboxylic acids is 3. The monoisotopic (exact) mass is 468 g/mol. The van der Waals surface area contributed by atoms with Crippen molar-refractivity contribution in [1.82, 2.24) is 15.5 Å². The molecule has 2 aromatic carbocycles. The lowest BCUT2D eigenvalue weighted by atomic mass is 9.97. The van der Waals surface area contributed by atoms with Crippen molar-refractivity contribution in [2.75, 3.05) is 25.9 Å². The van der Waals surface area contributed by atoms with E-state index in [1.54, 1.807) is 12.1 Å².